The summed E-state index contributed by atoms with van der Waals surface area (Å²) in [6, 6.07) is 12.6. The van der Waals surface area contributed by atoms with Gasteiger partial charge in [0.15, 0.2) is 0 Å². The van der Waals surface area contributed by atoms with E-state index in [4.69, 9.17) is 4.74 Å². The Morgan fingerprint density at radius 2 is 2.11 bits per heavy atom. The van der Waals surface area contributed by atoms with Gasteiger partial charge in [0.05, 0.1) is 6.61 Å². The predicted molar refractivity (Wildman–Crippen MR) is 104 cm³/mol. The van der Waals surface area contributed by atoms with Gasteiger partial charge in [-0.15, -0.1) is 0 Å². The summed E-state index contributed by atoms with van der Waals surface area (Å²) in [5.74, 6) is 1.06. The van der Waals surface area contributed by atoms with E-state index in [2.05, 4.69) is 16.3 Å². The Bertz CT molecular complexity index is 848. The number of nitrogens with zero attached hydrogens (tertiary/aromatic N) is 1. The summed E-state index contributed by atoms with van der Waals surface area (Å²) in [7, 11) is 0. The highest BCUT2D eigenvalue weighted by atomic mass is 19.1. The van der Waals surface area contributed by atoms with Crippen LogP contribution in [0.15, 0.2) is 48.5 Å². The maximum Gasteiger partial charge on any atom is 0.244 e. The average molecular weight is 366 g/mol. The normalized spacial score (nSPS) is 18.6. The molecule has 2 aliphatic heterocycles. The van der Waals surface area contributed by atoms with Crippen molar-refractivity contribution >= 4 is 17.7 Å². The smallest absolute Gasteiger partial charge is 0.244 e. The first kappa shape index (κ1) is 17.6. The van der Waals surface area contributed by atoms with E-state index in [1.54, 1.807) is 18.2 Å². The van der Waals surface area contributed by atoms with Gasteiger partial charge in [0, 0.05) is 37.8 Å². The van der Waals surface area contributed by atoms with E-state index in [0.29, 0.717) is 12.5 Å². The highest BCUT2D eigenvalue weighted by Crippen LogP contribution is 2.26. The number of nitrogens with one attached hydrogen (secondary N) is 1. The number of fused-ring (bicyclic) bond motifs is 1. The van der Waals surface area contributed by atoms with Crippen LogP contribution in [0, 0.1) is 11.7 Å². The number of carbonyl (C=O) groups excluding carboxylic acids is 1. The van der Waals surface area contributed by atoms with Crippen molar-refractivity contribution in [3.63, 3.8) is 0 Å². The fourth-order valence-corrected chi connectivity index (χ4v) is 3.67. The molecule has 2 aliphatic rings. The number of halogens is 1. The van der Waals surface area contributed by atoms with Crippen molar-refractivity contribution in [1.29, 1.82) is 0 Å². The minimum Gasteiger partial charge on any atom is -0.493 e. The van der Waals surface area contributed by atoms with E-state index >= 15 is 0 Å². The van der Waals surface area contributed by atoms with E-state index in [9.17, 15) is 9.18 Å². The molecule has 2 aromatic carbocycles. The van der Waals surface area contributed by atoms with E-state index in [-0.39, 0.29) is 11.7 Å². The van der Waals surface area contributed by atoms with Crippen LogP contribution in [0.1, 0.15) is 17.5 Å². The second kappa shape index (κ2) is 7.82. The Balaban J connectivity index is 1.25. The highest BCUT2D eigenvalue weighted by Gasteiger charge is 2.22. The number of ether oxygens (including phenoxy) is 1. The van der Waals surface area contributed by atoms with Crippen LogP contribution in [0.3, 0.4) is 0 Å². The molecular weight excluding hydrogens is 343 g/mol. The van der Waals surface area contributed by atoms with Gasteiger partial charge in [-0.3, -0.25) is 4.79 Å². The maximum atomic E-state index is 13.0. The third-order valence-corrected chi connectivity index (χ3v) is 5.18. The molecule has 1 fully saturated rings. The number of benzene rings is 2. The van der Waals surface area contributed by atoms with E-state index in [1.165, 1.54) is 17.7 Å². The van der Waals surface area contributed by atoms with Crippen LogP contribution in [-0.2, 0) is 11.2 Å². The van der Waals surface area contributed by atoms with Crippen LogP contribution in [0.5, 0.6) is 5.75 Å². The van der Waals surface area contributed by atoms with E-state index in [0.717, 1.165) is 49.5 Å². The molecule has 1 atom stereocenters. The SMILES string of the molecule is O=C(C=Cc1ccc2c(c1)CCO2)NCC1CCN(c2ccc(F)cc2)C1. The summed E-state index contributed by atoms with van der Waals surface area (Å²) >= 11 is 0. The Morgan fingerprint density at radius 1 is 1.26 bits per heavy atom. The van der Waals surface area contributed by atoms with Crippen LogP contribution in [0.4, 0.5) is 10.1 Å². The average Bonchev–Trinajstić information content (AvgIpc) is 3.34. The van der Waals surface area contributed by atoms with Gasteiger partial charge in [0.25, 0.3) is 0 Å². The summed E-state index contributed by atoms with van der Waals surface area (Å²) in [5, 5.41) is 2.99. The first-order chi connectivity index (χ1) is 13.2. The molecule has 1 unspecified atom stereocenters. The van der Waals surface area contributed by atoms with Crippen molar-refractivity contribution in [3.8, 4) is 5.75 Å². The number of hydrogen-bond acceptors (Lipinski definition) is 3. The fraction of sp³-hybridized carbons (Fsp3) is 0.318. The van der Waals surface area contributed by atoms with Gasteiger partial charge in [-0.2, -0.15) is 0 Å². The molecular formula is C22H23FN2O2. The topological polar surface area (TPSA) is 41.6 Å². The molecule has 0 spiro atoms. The third kappa shape index (κ3) is 4.30. The quantitative estimate of drug-likeness (QED) is 0.825. The van der Waals surface area contributed by atoms with E-state index in [1.807, 2.05) is 18.2 Å². The number of rotatable bonds is 5. The third-order valence-electron chi connectivity index (χ3n) is 5.18. The molecule has 0 aliphatic carbocycles. The highest BCUT2D eigenvalue weighted by molar-refractivity contribution is 5.91. The summed E-state index contributed by atoms with van der Waals surface area (Å²) in [6.45, 7) is 3.19. The van der Waals surface area contributed by atoms with Crippen molar-refractivity contribution in [2.24, 2.45) is 5.92 Å². The molecule has 5 heteroatoms. The van der Waals surface area contributed by atoms with Crippen molar-refractivity contribution in [2.75, 3.05) is 31.1 Å². The lowest BCUT2D eigenvalue weighted by Gasteiger charge is -2.18. The molecule has 4 rings (SSSR count). The second-order valence-corrected chi connectivity index (χ2v) is 7.12. The summed E-state index contributed by atoms with van der Waals surface area (Å²) in [4.78, 5) is 14.4. The maximum absolute atomic E-state index is 13.0. The lowest BCUT2D eigenvalue weighted by atomic mass is 10.1. The van der Waals surface area contributed by atoms with Gasteiger partial charge in [-0.1, -0.05) is 6.07 Å². The fourth-order valence-electron chi connectivity index (χ4n) is 3.67. The Kier molecular flexibility index (Phi) is 5.10. The van der Waals surface area contributed by atoms with Crippen LogP contribution >= 0.6 is 0 Å². The largest absolute Gasteiger partial charge is 0.493 e. The Hall–Kier alpha value is -2.82. The van der Waals surface area contributed by atoms with Crippen molar-refractivity contribution in [2.45, 2.75) is 12.8 Å². The zero-order valence-electron chi connectivity index (χ0n) is 15.2. The van der Waals surface area contributed by atoms with Crippen molar-refractivity contribution < 1.29 is 13.9 Å². The van der Waals surface area contributed by atoms with Gasteiger partial charge < -0.3 is 15.0 Å². The standard InChI is InChI=1S/C22H23FN2O2/c23-19-3-5-20(6-4-19)25-11-9-17(15-25)14-24-22(26)8-2-16-1-7-21-18(13-16)10-12-27-21/h1-8,13,17H,9-12,14-15H2,(H,24,26). The molecule has 0 aromatic heterocycles. The van der Waals surface area contributed by atoms with Crippen LogP contribution in [-0.4, -0.2) is 32.1 Å². The molecule has 1 saturated heterocycles. The molecule has 27 heavy (non-hydrogen) atoms. The predicted octanol–water partition coefficient (Wildman–Crippen LogP) is 3.42. The van der Waals surface area contributed by atoms with Gasteiger partial charge in [-0.25, -0.2) is 4.39 Å². The number of hydrogen-bond donors (Lipinski definition) is 1. The zero-order valence-corrected chi connectivity index (χ0v) is 15.2. The molecule has 1 N–H and O–H groups in total. The first-order valence-corrected chi connectivity index (χ1v) is 9.39. The van der Waals surface area contributed by atoms with Gasteiger partial charge >= 0.3 is 0 Å². The summed E-state index contributed by atoms with van der Waals surface area (Å²) < 4.78 is 18.5. The van der Waals surface area contributed by atoms with Crippen LogP contribution in [0.2, 0.25) is 0 Å². The van der Waals surface area contributed by atoms with Crippen LogP contribution < -0.4 is 15.0 Å². The molecule has 0 bridgehead atoms. The number of carbonyl (C=O) groups is 1. The lowest BCUT2D eigenvalue weighted by Crippen LogP contribution is -2.29. The Morgan fingerprint density at radius 3 is 2.96 bits per heavy atom. The summed E-state index contributed by atoms with van der Waals surface area (Å²) in [6.07, 6.45) is 5.37. The second-order valence-electron chi connectivity index (χ2n) is 7.12. The minimum absolute atomic E-state index is 0.0769. The van der Waals surface area contributed by atoms with Crippen molar-refractivity contribution in [3.05, 3.63) is 65.5 Å². The van der Waals surface area contributed by atoms with Gasteiger partial charge in [-0.05, 0) is 65.9 Å². The molecule has 2 aromatic rings. The monoisotopic (exact) mass is 366 g/mol. The van der Waals surface area contributed by atoms with E-state index < -0.39 is 0 Å². The lowest BCUT2D eigenvalue weighted by molar-refractivity contribution is -0.116. The van der Waals surface area contributed by atoms with Crippen LogP contribution in [0.25, 0.3) is 6.08 Å². The molecule has 2 heterocycles. The minimum atomic E-state index is -0.218. The van der Waals surface area contributed by atoms with Gasteiger partial charge in [0.1, 0.15) is 11.6 Å². The molecule has 4 nitrogen and oxygen atoms in total. The molecule has 0 saturated carbocycles. The molecule has 140 valence electrons. The molecule has 1 amide bonds. The van der Waals surface area contributed by atoms with Gasteiger partial charge in [0.2, 0.25) is 5.91 Å². The summed E-state index contributed by atoms with van der Waals surface area (Å²) in [5.41, 5.74) is 3.24. The number of anilines is 1. The molecule has 0 radical (unpaired) electrons. The zero-order chi connectivity index (χ0) is 18.6. The van der Waals surface area contributed by atoms with Crippen molar-refractivity contribution in [1.82, 2.24) is 5.32 Å². The Labute approximate surface area is 158 Å². The number of amides is 1. The first-order valence-electron chi connectivity index (χ1n) is 9.39.